The Hall–Kier alpha value is -0.960. The van der Waals surface area contributed by atoms with E-state index in [9.17, 15) is 4.39 Å². The molecule has 0 radical (unpaired) electrons. The Morgan fingerprint density at radius 1 is 1.50 bits per heavy atom. The summed E-state index contributed by atoms with van der Waals surface area (Å²) >= 11 is 5.28. The number of nitrogens with two attached hydrogens (primary N) is 1. The lowest BCUT2D eigenvalue weighted by molar-refractivity contribution is 0.472. The lowest BCUT2D eigenvalue weighted by Crippen LogP contribution is -1.87. The molecule has 0 spiro atoms. The molecule has 0 aromatic heterocycles. The van der Waals surface area contributed by atoms with Crippen molar-refractivity contribution in [3.8, 4) is 5.75 Å². The van der Waals surface area contributed by atoms with Crippen molar-refractivity contribution >= 4 is 17.3 Å². The predicted molar refractivity (Wildman–Crippen MR) is 37.5 cm³/mol. The lowest BCUT2D eigenvalue weighted by Gasteiger charge is -1.99. The second-order valence-corrected chi connectivity index (χ2v) is 2.18. The highest BCUT2D eigenvalue weighted by atomic mass is 35.5. The number of hydrogen-bond acceptors (Lipinski definition) is 2. The Balaban J connectivity index is 3.34. The fraction of sp³-hybridized carbons (Fsp3) is 0. The fourth-order valence-corrected chi connectivity index (χ4v) is 0.727. The van der Waals surface area contributed by atoms with Crippen molar-refractivity contribution in [2.75, 3.05) is 5.73 Å². The largest absolute Gasteiger partial charge is 0.504 e. The fourth-order valence-electron chi connectivity index (χ4n) is 0.555. The van der Waals surface area contributed by atoms with E-state index in [0.29, 0.717) is 0 Å². The second-order valence-electron chi connectivity index (χ2n) is 1.80. The highest BCUT2D eigenvalue weighted by Crippen LogP contribution is 2.31. The molecule has 0 aliphatic carbocycles. The number of phenols is 1. The number of rotatable bonds is 0. The summed E-state index contributed by atoms with van der Waals surface area (Å²) in [5.74, 6) is -1.07. The molecule has 3 N–H and O–H groups in total. The molecule has 0 saturated carbocycles. The van der Waals surface area contributed by atoms with Crippen LogP contribution < -0.4 is 5.73 Å². The number of anilines is 1. The highest BCUT2D eigenvalue weighted by Gasteiger charge is 2.06. The Kier molecular flexibility index (Phi) is 1.68. The van der Waals surface area contributed by atoms with Gasteiger partial charge in [0.25, 0.3) is 0 Å². The van der Waals surface area contributed by atoms with Crippen molar-refractivity contribution in [3.05, 3.63) is 23.0 Å². The van der Waals surface area contributed by atoms with Crippen molar-refractivity contribution in [3.63, 3.8) is 0 Å². The molecular weight excluding hydrogens is 157 g/mol. The van der Waals surface area contributed by atoms with Crippen molar-refractivity contribution in [1.82, 2.24) is 0 Å². The van der Waals surface area contributed by atoms with Crippen molar-refractivity contribution in [2.45, 2.75) is 0 Å². The van der Waals surface area contributed by atoms with Crippen LogP contribution in [0.5, 0.6) is 5.75 Å². The van der Waals surface area contributed by atoms with Gasteiger partial charge in [0, 0.05) is 0 Å². The number of phenolic OH excluding ortho intramolecular Hbond substituents is 1. The highest BCUT2D eigenvalue weighted by molar-refractivity contribution is 6.32. The maximum Gasteiger partial charge on any atom is 0.160 e. The third-order valence-electron chi connectivity index (χ3n) is 1.10. The van der Waals surface area contributed by atoms with Gasteiger partial charge in [-0.15, -0.1) is 0 Å². The summed E-state index contributed by atoms with van der Waals surface area (Å²) in [5, 5.41) is 8.56. The van der Waals surface area contributed by atoms with Crippen LogP contribution in [0.1, 0.15) is 0 Å². The van der Waals surface area contributed by atoms with Crippen LogP contribution >= 0.6 is 11.6 Å². The summed E-state index contributed by atoms with van der Waals surface area (Å²) in [5.41, 5.74) is 5.26. The van der Waals surface area contributed by atoms with E-state index in [1.54, 1.807) is 0 Å². The molecular formula is C6H5ClFNO. The monoisotopic (exact) mass is 161 g/mol. The molecule has 2 nitrogen and oxygen atoms in total. The summed E-state index contributed by atoms with van der Waals surface area (Å²) in [6.45, 7) is 0. The standard InChI is InChI=1S/C6H5ClFNO/c7-5-3(8)1-2-4(9)6(5)10/h1-2,10H,9H2. The van der Waals surface area contributed by atoms with E-state index in [4.69, 9.17) is 22.4 Å². The minimum absolute atomic E-state index is 0.0754. The van der Waals surface area contributed by atoms with Crippen LogP contribution in [0.2, 0.25) is 5.02 Å². The number of halogens is 2. The molecule has 4 heteroatoms. The summed E-state index contributed by atoms with van der Waals surface area (Å²) in [4.78, 5) is 0. The van der Waals surface area contributed by atoms with Gasteiger partial charge < -0.3 is 10.8 Å². The molecule has 0 unspecified atom stereocenters. The minimum atomic E-state index is -0.673. The van der Waals surface area contributed by atoms with Gasteiger partial charge in [-0.25, -0.2) is 4.39 Å². The molecule has 1 rings (SSSR count). The van der Waals surface area contributed by atoms with Crippen LogP contribution in [0.15, 0.2) is 12.1 Å². The van der Waals surface area contributed by atoms with Gasteiger partial charge in [0.05, 0.1) is 5.69 Å². The van der Waals surface area contributed by atoms with Crippen LogP contribution in [-0.2, 0) is 0 Å². The maximum absolute atomic E-state index is 12.4. The first-order chi connectivity index (χ1) is 4.63. The number of benzene rings is 1. The van der Waals surface area contributed by atoms with E-state index in [-0.39, 0.29) is 10.7 Å². The first-order valence-electron chi connectivity index (χ1n) is 2.55. The maximum atomic E-state index is 12.4. The van der Waals surface area contributed by atoms with Crippen LogP contribution in [0.3, 0.4) is 0 Å². The molecule has 1 aromatic carbocycles. The Morgan fingerprint density at radius 2 is 2.10 bits per heavy atom. The quantitative estimate of drug-likeness (QED) is 0.450. The van der Waals surface area contributed by atoms with Gasteiger partial charge in [-0.3, -0.25) is 0 Å². The first-order valence-corrected chi connectivity index (χ1v) is 2.93. The summed E-state index contributed by atoms with van der Waals surface area (Å²) in [6, 6.07) is 2.34. The third-order valence-corrected chi connectivity index (χ3v) is 1.46. The van der Waals surface area contributed by atoms with Crippen LogP contribution in [-0.4, -0.2) is 5.11 Å². The smallest absolute Gasteiger partial charge is 0.160 e. The van der Waals surface area contributed by atoms with Crippen molar-refractivity contribution in [1.29, 1.82) is 0 Å². The molecule has 0 aliphatic rings. The minimum Gasteiger partial charge on any atom is -0.504 e. The zero-order chi connectivity index (χ0) is 7.72. The Morgan fingerprint density at radius 3 is 2.60 bits per heavy atom. The summed E-state index contributed by atoms with van der Waals surface area (Å²) in [6.07, 6.45) is 0. The van der Waals surface area contributed by atoms with E-state index >= 15 is 0 Å². The molecule has 0 saturated heterocycles. The van der Waals surface area contributed by atoms with E-state index in [1.165, 1.54) is 6.07 Å². The van der Waals surface area contributed by atoms with Crippen molar-refractivity contribution < 1.29 is 9.50 Å². The summed E-state index contributed by atoms with van der Waals surface area (Å²) < 4.78 is 12.4. The van der Waals surface area contributed by atoms with Gasteiger partial charge in [0.1, 0.15) is 10.8 Å². The van der Waals surface area contributed by atoms with Crippen LogP contribution in [0.4, 0.5) is 10.1 Å². The molecule has 54 valence electrons. The van der Waals surface area contributed by atoms with E-state index in [2.05, 4.69) is 0 Å². The molecule has 0 fully saturated rings. The average molecular weight is 162 g/mol. The molecule has 1 aromatic rings. The second kappa shape index (κ2) is 2.34. The molecule has 10 heavy (non-hydrogen) atoms. The van der Waals surface area contributed by atoms with Gasteiger partial charge in [-0.2, -0.15) is 0 Å². The molecule has 0 bridgehead atoms. The average Bonchev–Trinajstić information content (AvgIpc) is 1.93. The van der Waals surface area contributed by atoms with Crippen LogP contribution in [0, 0.1) is 5.82 Å². The molecule has 0 amide bonds. The zero-order valence-electron chi connectivity index (χ0n) is 4.94. The van der Waals surface area contributed by atoms with Gasteiger partial charge >= 0.3 is 0 Å². The van der Waals surface area contributed by atoms with Crippen LogP contribution in [0.25, 0.3) is 0 Å². The van der Waals surface area contributed by atoms with E-state index in [1.807, 2.05) is 0 Å². The number of aromatic hydroxyl groups is 1. The normalized spacial score (nSPS) is 9.80. The predicted octanol–water partition coefficient (Wildman–Crippen LogP) is 1.77. The zero-order valence-corrected chi connectivity index (χ0v) is 5.69. The van der Waals surface area contributed by atoms with Gasteiger partial charge in [0.15, 0.2) is 5.75 Å². The van der Waals surface area contributed by atoms with E-state index < -0.39 is 11.6 Å². The third kappa shape index (κ3) is 0.998. The van der Waals surface area contributed by atoms with Gasteiger partial charge in [-0.1, -0.05) is 11.6 Å². The number of hydrogen-bond donors (Lipinski definition) is 2. The summed E-state index contributed by atoms with van der Waals surface area (Å²) in [7, 11) is 0. The van der Waals surface area contributed by atoms with Crippen molar-refractivity contribution in [2.24, 2.45) is 0 Å². The van der Waals surface area contributed by atoms with E-state index in [0.717, 1.165) is 6.07 Å². The SMILES string of the molecule is Nc1ccc(F)c(Cl)c1O. The Bertz CT molecular complexity index is 237. The topological polar surface area (TPSA) is 46.2 Å². The lowest BCUT2D eigenvalue weighted by atomic mass is 10.3. The Labute approximate surface area is 62.0 Å². The molecule has 0 aliphatic heterocycles. The van der Waals surface area contributed by atoms with Gasteiger partial charge in [0.2, 0.25) is 0 Å². The van der Waals surface area contributed by atoms with Gasteiger partial charge in [-0.05, 0) is 12.1 Å². The molecule has 0 heterocycles. The number of nitrogen functional groups attached to an aromatic ring is 1. The molecule has 0 atom stereocenters. The first kappa shape index (κ1) is 7.15.